The molecule has 1 amide bonds. The first-order valence-electron chi connectivity index (χ1n) is 12.4. The van der Waals surface area contributed by atoms with Crippen LogP contribution in [0.3, 0.4) is 0 Å². The molecule has 1 fully saturated rings. The second-order valence-electron chi connectivity index (χ2n) is 9.36. The van der Waals surface area contributed by atoms with Gasteiger partial charge in [-0.3, -0.25) is 15.0 Å². The van der Waals surface area contributed by atoms with Gasteiger partial charge in [-0.2, -0.15) is 0 Å². The summed E-state index contributed by atoms with van der Waals surface area (Å²) in [6.07, 6.45) is 0.896. The van der Waals surface area contributed by atoms with Gasteiger partial charge in [0.1, 0.15) is 23.4 Å². The SMILES string of the molecule is COc1cc(OC)cc(N2C(=N)C(=C3Cc4ccccc4N3)C(=O)C2CCN(C)C(=O)c2ccccc2)c1. The maximum absolute atomic E-state index is 14.0. The lowest BCUT2D eigenvalue weighted by molar-refractivity contribution is -0.115. The van der Waals surface area contributed by atoms with E-state index in [-0.39, 0.29) is 17.5 Å². The summed E-state index contributed by atoms with van der Waals surface area (Å²) < 4.78 is 10.9. The maximum atomic E-state index is 14.0. The number of carbonyl (C=O) groups is 2. The number of nitrogens with one attached hydrogen (secondary N) is 2. The van der Waals surface area contributed by atoms with Gasteiger partial charge >= 0.3 is 0 Å². The monoisotopic (exact) mass is 510 g/mol. The van der Waals surface area contributed by atoms with E-state index in [2.05, 4.69) is 5.32 Å². The van der Waals surface area contributed by atoms with Crippen LogP contribution in [0.2, 0.25) is 0 Å². The topological polar surface area (TPSA) is 95.0 Å². The molecule has 2 aliphatic rings. The van der Waals surface area contributed by atoms with Crippen LogP contribution in [0.15, 0.2) is 84.1 Å². The minimum absolute atomic E-state index is 0.114. The summed E-state index contributed by atoms with van der Waals surface area (Å²) >= 11 is 0. The number of carbonyl (C=O) groups excluding carboxylic acids is 2. The van der Waals surface area contributed by atoms with E-state index < -0.39 is 6.04 Å². The molecule has 0 radical (unpaired) electrons. The molecule has 5 rings (SSSR count). The molecule has 38 heavy (non-hydrogen) atoms. The Morgan fingerprint density at radius 1 is 1.03 bits per heavy atom. The van der Waals surface area contributed by atoms with E-state index in [9.17, 15) is 9.59 Å². The zero-order chi connectivity index (χ0) is 26.8. The fraction of sp³-hybridized carbons (Fsp3) is 0.233. The van der Waals surface area contributed by atoms with E-state index in [1.165, 1.54) is 0 Å². The van der Waals surface area contributed by atoms with Gasteiger partial charge in [-0.25, -0.2) is 0 Å². The van der Waals surface area contributed by atoms with Crippen molar-refractivity contribution in [3.63, 3.8) is 0 Å². The molecule has 2 aliphatic heterocycles. The smallest absolute Gasteiger partial charge is 0.253 e. The molecule has 0 aliphatic carbocycles. The van der Waals surface area contributed by atoms with Crippen molar-refractivity contribution in [2.45, 2.75) is 18.9 Å². The number of benzene rings is 3. The summed E-state index contributed by atoms with van der Waals surface area (Å²) in [5.74, 6) is 0.965. The predicted octanol–water partition coefficient (Wildman–Crippen LogP) is 4.52. The zero-order valence-electron chi connectivity index (χ0n) is 21.7. The lowest BCUT2D eigenvalue weighted by Gasteiger charge is -2.27. The van der Waals surface area contributed by atoms with E-state index in [1.54, 1.807) is 61.4 Å². The van der Waals surface area contributed by atoms with Crippen LogP contribution in [-0.2, 0) is 11.2 Å². The third-order valence-electron chi connectivity index (χ3n) is 7.03. The van der Waals surface area contributed by atoms with Crippen LogP contribution in [0.25, 0.3) is 0 Å². The number of rotatable bonds is 7. The molecule has 1 unspecified atom stereocenters. The molecule has 8 nitrogen and oxygen atoms in total. The van der Waals surface area contributed by atoms with Crippen LogP contribution >= 0.6 is 0 Å². The second-order valence-corrected chi connectivity index (χ2v) is 9.36. The van der Waals surface area contributed by atoms with Gasteiger partial charge in [-0.05, 0) is 30.2 Å². The van der Waals surface area contributed by atoms with Gasteiger partial charge in [-0.1, -0.05) is 36.4 Å². The molecule has 0 spiro atoms. The Kier molecular flexibility index (Phi) is 6.87. The lowest BCUT2D eigenvalue weighted by Crippen LogP contribution is -2.39. The molecular formula is C30H30N4O4. The van der Waals surface area contributed by atoms with Crippen molar-refractivity contribution in [1.29, 1.82) is 5.41 Å². The van der Waals surface area contributed by atoms with Gasteiger partial charge in [0.05, 0.1) is 25.5 Å². The Bertz CT molecular complexity index is 1380. The fourth-order valence-electron chi connectivity index (χ4n) is 5.03. The van der Waals surface area contributed by atoms with Gasteiger partial charge in [0, 0.05) is 55.2 Å². The van der Waals surface area contributed by atoms with Gasteiger partial charge < -0.3 is 24.6 Å². The van der Waals surface area contributed by atoms with Crippen molar-refractivity contribution in [2.24, 2.45) is 0 Å². The number of hydrogen-bond acceptors (Lipinski definition) is 6. The highest BCUT2D eigenvalue weighted by Gasteiger charge is 2.44. The molecule has 194 valence electrons. The fourth-order valence-corrected chi connectivity index (χ4v) is 5.03. The molecule has 1 saturated heterocycles. The molecular weight excluding hydrogens is 480 g/mol. The molecule has 8 heteroatoms. The second kappa shape index (κ2) is 10.4. The van der Waals surface area contributed by atoms with Crippen LogP contribution in [-0.4, -0.2) is 56.3 Å². The number of Topliss-reactive ketones (excluding diaryl/α,β-unsaturated/α-hetero) is 1. The molecule has 0 saturated carbocycles. The van der Waals surface area contributed by atoms with Gasteiger partial charge in [0.15, 0.2) is 5.78 Å². The van der Waals surface area contributed by atoms with Crippen LogP contribution < -0.4 is 19.7 Å². The molecule has 3 aromatic rings. The van der Waals surface area contributed by atoms with E-state index >= 15 is 0 Å². The average Bonchev–Trinajstić information content (AvgIpc) is 3.48. The molecule has 2 heterocycles. The summed E-state index contributed by atoms with van der Waals surface area (Å²) in [7, 11) is 4.86. The molecule has 0 aromatic heterocycles. The molecule has 0 bridgehead atoms. The van der Waals surface area contributed by atoms with Crippen molar-refractivity contribution < 1.29 is 19.1 Å². The number of allylic oxidation sites excluding steroid dienone is 1. The third-order valence-corrected chi connectivity index (χ3v) is 7.03. The molecule has 1 atom stereocenters. The summed E-state index contributed by atoms with van der Waals surface area (Å²) in [6, 6.07) is 21.6. The Hall–Kier alpha value is -4.59. The number of ketones is 1. The highest BCUT2D eigenvalue weighted by molar-refractivity contribution is 6.35. The summed E-state index contributed by atoms with van der Waals surface area (Å²) in [4.78, 5) is 30.2. The Labute approximate surface area is 222 Å². The first-order valence-corrected chi connectivity index (χ1v) is 12.4. The van der Waals surface area contributed by atoms with E-state index in [0.717, 1.165) is 16.9 Å². The normalized spacial score (nSPS) is 18.3. The number of methoxy groups -OCH3 is 2. The number of amidine groups is 1. The Morgan fingerprint density at radius 2 is 1.68 bits per heavy atom. The van der Waals surface area contributed by atoms with Gasteiger partial charge in [0.2, 0.25) is 0 Å². The van der Waals surface area contributed by atoms with Crippen LogP contribution in [0.4, 0.5) is 11.4 Å². The average molecular weight is 511 g/mol. The third kappa shape index (κ3) is 4.61. The summed E-state index contributed by atoms with van der Waals surface area (Å²) in [6.45, 7) is 0.339. The Morgan fingerprint density at radius 3 is 2.34 bits per heavy atom. The number of nitrogens with zero attached hydrogens (tertiary/aromatic N) is 2. The largest absolute Gasteiger partial charge is 0.497 e. The van der Waals surface area contributed by atoms with E-state index in [0.29, 0.717) is 47.7 Å². The quantitative estimate of drug-likeness (QED) is 0.454. The summed E-state index contributed by atoms with van der Waals surface area (Å²) in [5.41, 5.74) is 4.32. The van der Waals surface area contributed by atoms with Crippen molar-refractivity contribution in [2.75, 3.05) is 38.0 Å². The highest BCUT2D eigenvalue weighted by atomic mass is 16.5. The zero-order valence-corrected chi connectivity index (χ0v) is 21.7. The van der Waals surface area contributed by atoms with Gasteiger partial charge in [-0.15, -0.1) is 0 Å². The highest BCUT2D eigenvalue weighted by Crippen LogP contribution is 2.38. The first-order chi connectivity index (χ1) is 18.4. The minimum Gasteiger partial charge on any atom is -0.497 e. The van der Waals surface area contributed by atoms with Crippen LogP contribution in [0.5, 0.6) is 11.5 Å². The minimum atomic E-state index is -0.668. The van der Waals surface area contributed by atoms with Gasteiger partial charge in [0.25, 0.3) is 5.91 Å². The molecule has 2 N–H and O–H groups in total. The number of amides is 1. The first kappa shape index (κ1) is 25.1. The number of ether oxygens (including phenoxy) is 2. The predicted molar refractivity (Wildman–Crippen MR) is 147 cm³/mol. The maximum Gasteiger partial charge on any atom is 0.253 e. The number of para-hydroxylation sites is 1. The van der Waals surface area contributed by atoms with Crippen LogP contribution in [0.1, 0.15) is 22.3 Å². The number of hydrogen-bond donors (Lipinski definition) is 2. The Balaban J connectivity index is 1.49. The van der Waals surface area contributed by atoms with Crippen molar-refractivity contribution >= 4 is 28.9 Å². The standard InChI is InChI=1S/C30H30N4O4/c1-33(30(36)19-9-5-4-6-10-19)14-13-26-28(35)27(25-15-20-11-7-8-12-24(20)32-25)29(31)34(26)21-16-22(37-2)18-23(17-21)38-3/h4-12,16-18,26,31-32H,13-15H2,1-3H3. The van der Waals surface area contributed by atoms with E-state index in [1.807, 2.05) is 42.5 Å². The van der Waals surface area contributed by atoms with Crippen molar-refractivity contribution in [3.8, 4) is 11.5 Å². The van der Waals surface area contributed by atoms with Crippen molar-refractivity contribution in [3.05, 3.63) is 95.2 Å². The van der Waals surface area contributed by atoms with E-state index in [4.69, 9.17) is 14.9 Å². The number of anilines is 2. The lowest BCUT2D eigenvalue weighted by atomic mass is 10.0. The summed E-state index contributed by atoms with van der Waals surface area (Å²) in [5, 5.41) is 12.5. The molecule has 3 aromatic carbocycles. The van der Waals surface area contributed by atoms with Crippen molar-refractivity contribution in [1.82, 2.24) is 4.90 Å². The number of fused-ring (bicyclic) bond motifs is 1. The van der Waals surface area contributed by atoms with Crippen LogP contribution in [0, 0.1) is 5.41 Å².